The van der Waals surface area contributed by atoms with Crippen LogP contribution in [0.4, 0.5) is 5.82 Å². The average Bonchev–Trinajstić information content (AvgIpc) is 3.22. The van der Waals surface area contributed by atoms with Crippen LogP contribution in [0.25, 0.3) is 10.8 Å². The summed E-state index contributed by atoms with van der Waals surface area (Å²) in [6.45, 7) is 3.23. The first kappa shape index (κ1) is 11.7. The maximum atomic E-state index is 6.11. The van der Waals surface area contributed by atoms with Gasteiger partial charge in [0.1, 0.15) is 0 Å². The molecular weight excluding hydrogens is 246 g/mol. The predicted octanol–water partition coefficient (Wildman–Crippen LogP) is 3.66. The predicted molar refractivity (Wildman–Crippen MR) is 75.2 cm³/mol. The summed E-state index contributed by atoms with van der Waals surface area (Å²) in [5.41, 5.74) is 0. The lowest BCUT2D eigenvalue weighted by Gasteiger charge is -2.23. The Hall–Kier alpha value is -1.35. The van der Waals surface area contributed by atoms with E-state index in [1.165, 1.54) is 12.8 Å². The summed E-state index contributed by atoms with van der Waals surface area (Å²) in [6.07, 6.45) is 3.65. The molecule has 0 N–H and O–H groups in total. The summed E-state index contributed by atoms with van der Waals surface area (Å²) in [4.78, 5) is 2.38. The van der Waals surface area contributed by atoms with E-state index in [1.54, 1.807) is 0 Å². The largest absolute Gasteiger partial charge is 0.352 e. The maximum Gasteiger partial charge on any atom is 0.159 e. The molecule has 4 heteroatoms. The minimum atomic E-state index is 0.488. The molecule has 1 fully saturated rings. The minimum absolute atomic E-state index is 0.488. The fourth-order valence-corrected chi connectivity index (χ4v) is 2.56. The van der Waals surface area contributed by atoms with Gasteiger partial charge >= 0.3 is 0 Å². The summed E-state index contributed by atoms with van der Waals surface area (Å²) in [5, 5.41) is 11.0. The second-order valence-electron chi connectivity index (χ2n) is 4.78. The minimum Gasteiger partial charge on any atom is -0.352 e. The van der Waals surface area contributed by atoms with Gasteiger partial charge in [-0.3, -0.25) is 0 Å². The third kappa shape index (κ3) is 2.03. The highest BCUT2D eigenvalue weighted by Crippen LogP contribution is 2.35. The number of halogens is 1. The first-order chi connectivity index (χ1) is 8.81. The Balaban J connectivity index is 2.12. The zero-order valence-electron chi connectivity index (χ0n) is 10.4. The van der Waals surface area contributed by atoms with E-state index in [4.69, 9.17) is 11.6 Å². The van der Waals surface area contributed by atoms with E-state index in [2.05, 4.69) is 28.1 Å². The van der Waals surface area contributed by atoms with Gasteiger partial charge < -0.3 is 4.90 Å². The van der Waals surface area contributed by atoms with E-state index in [1.807, 2.05) is 18.2 Å². The Labute approximate surface area is 112 Å². The Kier molecular flexibility index (Phi) is 3.08. The highest BCUT2D eigenvalue weighted by atomic mass is 35.5. The molecule has 0 radical (unpaired) electrons. The monoisotopic (exact) mass is 261 g/mol. The van der Waals surface area contributed by atoms with Gasteiger partial charge in [-0.15, -0.1) is 10.2 Å². The second-order valence-corrected chi connectivity index (χ2v) is 5.14. The molecule has 18 heavy (non-hydrogen) atoms. The SMILES string of the molecule is CCCN(c1nnc(Cl)c2ccccc12)C1CC1. The summed E-state index contributed by atoms with van der Waals surface area (Å²) in [6, 6.07) is 8.74. The molecule has 0 atom stereocenters. The van der Waals surface area contributed by atoms with Crippen LogP contribution in [0.2, 0.25) is 5.15 Å². The summed E-state index contributed by atoms with van der Waals surface area (Å²) >= 11 is 6.11. The smallest absolute Gasteiger partial charge is 0.159 e. The normalized spacial score (nSPS) is 15.0. The molecule has 3 nitrogen and oxygen atoms in total. The van der Waals surface area contributed by atoms with Gasteiger partial charge in [0.15, 0.2) is 11.0 Å². The van der Waals surface area contributed by atoms with Crippen molar-refractivity contribution in [2.24, 2.45) is 0 Å². The molecule has 0 unspecified atom stereocenters. The van der Waals surface area contributed by atoms with Crippen molar-refractivity contribution >= 4 is 28.2 Å². The maximum absolute atomic E-state index is 6.11. The standard InChI is InChI=1S/C14H16ClN3/c1-2-9-18(10-7-8-10)14-12-6-4-3-5-11(12)13(15)16-17-14/h3-6,10H,2,7-9H2,1H3. The van der Waals surface area contributed by atoms with Crippen molar-refractivity contribution in [3.63, 3.8) is 0 Å². The molecule has 1 heterocycles. The van der Waals surface area contributed by atoms with Gasteiger partial charge in [-0.2, -0.15) is 0 Å². The van der Waals surface area contributed by atoms with Gasteiger partial charge in [-0.1, -0.05) is 42.8 Å². The van der Waals surface area contributed by atoms with Gasteiger partial charge in [-0.25, -0.2) is 0 Å². The Bertz CT molecular complexity index is 566. The molecule has 1 aromatic carbocycles. The number of hydrogen-bond acceptors (Lipinski definition) is 3. The molecule has 2 aromatic rings. The topological polar surface area (TPSA) is 29.0 Å². The fraction of sp³-hybridized carbons (Fsp3) is 0.429. The third-order valence-corrected chi connectivity index (χ3v) is 3.63. The van der Waals surface area contributed by atoms with E-state index >= 15 is 0 Å². The average molecular weight is 262 g/mol. The van der Waals surface area contributed by atoms with E-state index in [0.29, 0.717) is 11.2 Å². The molecule has 0 spiro atoms. The summed E-state index contributed by atoms with van der Waals surface area (Å²) < 4.78 is 0. The lowest BCUT2D eigenvalue weighted by atomic mass is 10.2. The fourth-order valence-electron chi connectivity index (χ4n) is 2.36. The van der Waals surface area contributed by atoms with Gasteiger partial charge in [0, 0.05) is 23.4 Å². The Morgan fingerprint density at radius 2 is 1.94 bits per heavy atom. The van der Waals surface area contributed by atoms with Gasteiger partial charge in [0.05, 0.1) is 0 Å². The van der Waals surface area contributed by atoms with Crippen LogP contribution < -0.4 is 4.90 Å². The van der Waals surface area contributed by atoms with Crippen molar-refractivity contribution in [1.29, 1.82) is 0 Å². The van der Waals surface area contributed by atoms with Crippen LogP contribution in [0.3, 0.4) is 0 Å². The molecule has 1 aliphatic rings. The molecule has 1 saturated carbocycles. The molecule has 1 aliphatic carbocycles. The molecule has 0 saturated heterocycles. The van der Waals surface area contributed by atoms with Gasteiger partial charge in [-0.05, 0) is 19.3 Å². The van der Waals surface area contributed by atoms with E-state index in [-0.39, 0.29) is 0 Å². The van der Waals surface area contributed by atoms with Crippen LogP contribution in [0.5, 0.6) is 0 Å². The second kappa shape index (κ2) is 4.73. The van der Waals surface area contributed by atoms with Crippen LogP contribution in [0.1, 0.15) is 26.2 Å². The highest BCUT2D eigenvalue weighted by Gasteiger charge is 2.30. The van der Waals surface area contributed by atoms with Crippen molar-refractivity contribution in [2.75, 3.05) is 11.4 Å². The number of rotatable bonds is 4. The molecular formula is C14H16ClN3. The number of nitrogens with zero attached hydrogens (tertiary/aromatic N) is 3. The van der Waals surface area contributed by atoms with Gasteiger partial charge in [0.25, 0.3) is 0 Å². The number of hydrogen-bond donors (Lipinski definition) is 0. The van der Waals surface area contributed by atoms with Crippen molar-refractivity contribution in [2.45, 2.75) is 32.2 Å². The molecule has 1 aromatic heterocycles. The van der Waals surface area contributed by atoms with Crippen molar-refractivity contribution < 1.29 is 0 Å². The molecule has 0 amide bonds. The first-order valence-corrected chi connectivity index (χ1v) is 6.86. The quantitative estimate of drug-likeness (QED) is 0.841. The van der Waals surface area contributed by atoms with Crippen LogP contribution in [-0.4, -0.2) is 22.8 Å². The summed E-state index contributed by atoms with van der Waals surface area (Å²) in [7, 11) is 0. The first-order valence-electron chi connectivity index (χ1n) is 6.49. The van der Waals surface area contributed by atoms with E-state index < -0.39 is 0 Å². The molecule has 0 aliphatic heterocycles. The zero-order chi connectivity index (χ0) is 12.5. The number of aromatic nitrogens is 2. The molecule has 94 valence electrons. The van der Waals surface area contributed by atoms with Crippen LogP contribution in [-0.2, 0) is 0 Å². The lowest BCUT2D eigenvalue weighted by Crippen LogP contribution is -2.27. The summed E-state index contributed by atoms with van der Waals surface area (Å²) in [5.74, 6) is 0.986. The van der Waals surface area contributed by atoms with Crippen molar-refractivity contribution in [3.8, 4) is 0 Å². The highest BCUT2D eigenvalue weighted by molar-refractivity contribution is 6.34. The molecule has 0 bridgehead atoms. The van der Waals surface area contributed by atoms with Gasteiger partial charge in [0.2, 0.25) is 0 Å². The zero-order valence-corrected chi connectivity index (χ0v) is 11.2. The number of fused-ring (bicyclic) bond motifs is 1. The number of benzene rings is 1. The van der Waals surface area contributed by atoms with E-state index in [0.717, 1.165) is 29.6 Å². The van der Waals surface area contributed by atoms with Crippen molar-refractivity contribution in [3.05, 3.63) is 29.4 Å². The lowest BCUT2D eigenvalue weighted by molar-refractivity contribution is 0.745. The third-order valence-electron chi connectivity index (χ3n) is 3.35. The number of anilines is 1. The van der Waals surface area contributed by atoms with Crippen molar-refractivity contribution in [1.82, 2.24) is 10.2 Å². The van der Waals surface area contributed by atoms with Crippen LogP contribution >= 0.6 is 11.6 Å². The Morgan fingerprint density at radius 3 is 2.61 bits per heavy atom. The Morgan fingerprint density at radius 1 is 1.22 bits per heavy atom. The van der Waals surface area contributed by atoms with Crippen LogP contribution in [0.15, 0.2) is 24.3 Å². The van der Waals surface area contributed by atoms with Crippen LogP contribution in [0, 0.1) is 0 Å². The van der Waals surface area contributed by atoms with E-state index in [9.17, 15) is 0 Å². The molecule has 3 rings (SSSR count).